The van der Waals surface area contributed by atoms with E-state index in [1.54, 1.807) is 0 Å². The van der Waals surface area contributed by atoms with Gasteiger partial charge in [-0.25, -0.2) is 4.99 Å². The first-order valence-electron chi connectivity index (χ1n) is 4.25. The van der Waals surface area contributed by atoms with Crippen molar-refractivity contribution in [2.24, 2.45) is 16.8 Å². The minimum Gasteiger partial charge on any atom is -0.232 e. The van der Waals surface area contributed by atoms with E-state index < -0.39 is 0 Å². The van der Waals surface area contributed by atoms with Gasteiger partial charge in [0.05, 0.1) is 11.7 Å². The summed E-state index contributed by atoms with van der Waals surface area (Å²) >= 11 is 5.81. The average Bonchev–Trinajstić information content (AvgIpc) is 2.11. The van der Waals surface area contributed by atoms with Crippen molar-refractivity contribution in [2.45, 2.75) is 20.3 Å². The lowest BCUT2D eigenvalue weighted by Gasteiger charge is -2.12. The summed E-state index contributed by atoms with van der Waals surface area (Å²) in [7, 11) is 0. The van der Waals surface area contributed by atoms with Crippen molar-refractivity contribution in [3.05, 3.63) is 0 Å². The summed E-state index contributed by atoms with van der Waals surface area (Å²) in [5.74, 6) is 2.01. The molecule has 0 heterocycles. The summed E-state index contributed by atoms with van der Waals surface area (Å²) in [6, 6.07) is 0. The lowest BCUT2D eigenvalue weighted by Crippen LogP contribution is -2.07. The van der Waals surface area contributed by atoms with Gasteiger partial charge in [0.15, 0.2) is 0 Å². The molecule has 0 N–H and O–H groups in total. The molecule has 2 nitrogen and oxygen atoms in total. The molecule has 0 saturated heterocycles. The van der Waals surface area contributed by atoms with Crippen molar-refractivity contribution in [2.75, 3.05) is 12.3 Å². The monoisotopic (exact) mass is 214 g/mol. The Morgan fingerprint density at radius 1 is 1.46 bits per heavy atom. The van der Waals surface area contributed by atoms with E-state index in [0.717, 1.165) is 18.7 Å². The van der Waals surface area contributed by atoms with Crippen molar-refractivity contribution in [1.29, 1.82) is 5.26 Å². The Balaban J connectivity index is 3.58. The van der Waals surface area contributed by atoms with E-state index >= 15 is 0 Å². The van der Waals surface area contributed by atoms with Crippen LogP contribution in [-0.2, 0) is 0 Å². The van der Waals surface area contributed by atoms with E-state index in [2.05, 4.69) is 41.6 Å². The fourth-order valence-electron chi connectivity index (χ4n) is 1.20. The summed E-state index contributed by atoms with van der Waals surface area (Å²) in [5.41, 5.74) is 0. The van der Waals surface area contributed by atoms with Crippen LogP contribution in [0.5, 0.6) is 0 Å². The van der Waals surface area contributed by atoms with E-state index in [-0.39, 0.29) is 0 Å². The van der Waals surface area contributed by atoms with Crippen molar-refractivity contribution in [1.82, 2.24) is 0 Å². The summed E-state index contributed by atoms with van der Waals surface area (Å²) < 4.78 is 0. The first-order valence-corrected chi connectivity index (χ1v) is 5.64. The van der Waals surface area contributed by atoms with Gasteiger partial charge in [0.2, 0.25) is 0 Å². The molecule has 0 rings (SSSR count). The highest BCUT2D eigenvalue weighted by Crippen LogP contribution is 2.16. The van der Waals surface area contributed by atoms with Gasteiger partial charge in [-0.05, 0) is 42.2 Å². The van der Waals surface area contributed by atoms with Crippen molar-refractivity contribution >= 4 is 29.1 Å². The second-order valence-electron chi connectivity index (χ2n) is 3.28. The molecule has 2 unspecified atom stereocenters. The zero-order chi connectivity index (χ0) is 10.1. The molecule has 0 aromatic heterocycles. The van der Waals surface area contributed by atoms with Crippen LogP contribution >= 0.6 is 24.0 Å². The molecule has 0 spiro atoms. The Bertz CT molecular complexity index is 216. The first-order chi connectivity index (χ1) is 6.20. The molecule has 0 radical (unpaired) electrons. The fraction of sp³-hybridized carbons (Fsp3) is 0.778. The van der Waals surface area contributed by atoms with Gasteiger partial charge in [-0.2, -0.15) is 5.26 Å². The highest BCUT2D eigenvalue weighted by atomic mass is 32.2. The largest absolute Gasteiger partial charge is 0.232 e. The van der Waals surface area contributed by atoms with Crippen LogP contribution in [0.15, 0.2) is 4.99 Å². The number of thiocyanates is 1. The second kappa shape index (κ2) is 8.25. The van der Waals surface area contributed by atoms with Crippen LogP contribution in [-0.4, -0.2) is 17.5 Å². The average molecular weight is 214 g/mol. The highest BCUT2D eigenvalue weighted by molar-refractivity contribution is 8.03. The third-order valence-corrected chi connectivity index (χ3v) is 2.70. The molecule has 0 aliphatic heterocycles. The van der Waals surface area contributed by atoms with Crippen LogP contribution in [0.1, 0.15) is 20.3 Å². The molecule has 13 heavy (non-hydrogen) atoms. The molecule has 72 valence electrons. The van der Waals surface area contributed by atoms with Crippen LogP contribution in [0.3, 0.4) is 0 Å². The van der Waals surface area contributed by atoms with Gasteiger partial charge in [0, 0.05) is 5.75 Å². The molecule has 4 heteroatoms. The summed E-state index contributed by atoms with van der Waals surface area (Å²) in [6.45, 7) is 5.05. The van der Waals surface area contributed by atoms with E-state index in [4.69, 9.17) is 5.26 Å². The molecule has 0 aromatic rings. The van der Waals surface area contributed by atoms with Gasteiger partial charge >= 0.3 is 0 Å². The van der Waals surface area contributed by atoms with Gasteiger partial charge in [0.1, 0.15) is 5.40 Å². The van der Waals surface area contributed by atoms with Gasteiger partial charge in [-0.3, -0.25) is 0 Å². The predicted molar refractivity (Wildman–Crippen MR) is 60.9 cm³/mol. The smallest absolute Gasteiger partial charge is 0.133 e. The van der Waals surface area contributed by atoms with Crippen LogP contribution in [0.4, 0.5) is 0 Å². The lowest BCUT2D eigenvalue weighted by molar-refractivity contribution is 0.453. The molecule has 2 atom stereocenters. The molecular formula is C9H14N2S2. The zero-order valence-corrected chi connectivity index (χ0v) is 9.62. The maximum absolute atomic E-state index is 8.36. The quantitative estimate of drug-likeness (QED) is 0.387. The molecule has 0 fully saturated rings. The number of thiocarbonyl (C=S) groups is 1. The molecule has 0 bridgehead atoms. The van der Waals surface area contributed by atoms with Crippen LogP contribution in [0.2, 0.25) is 0 Å². The van der Waals surface area contributed by atoms with E-state index in [1.165, 1.54) is 11.8 Å². The first kappa shape index (κ1) is 12.6. The number of hydrogen-bond acceptors (Lipinski definition) is 4. The number of thioether (sulfide) groups is 1. The SMILES string of the molecule is CC(CN=C=S)CC(C)CSC#N. The number of isothiocyanates is 1. The van der Waals surface area contributed by atoms with E-state index in [9.17, 15) is 0 Å². The third kappa shape index (κ3) is 7.98. The normalized spacial score (nSPS) is 13.9. The number of nitriles is 1. The Morgan fingerprint density at radius 3 is 2.69 bits per heavy atom. The van der Waals surface area contributed by atoms with Gasteiger partial charge in [0.25, 0.3) is 0 Å². The molecule has 0 aliphatic carbocycles. The minimum atomic E-state index is 0.532. The second-order valence-corrected chi connectivity index (χ2v) is 4.27. The summed E-state index contributed by atoms with van der Waals surface area (Å²) in [4.78, 5) is 3.90. The maximum Gasteiger partial charge on any atom is 0.133 e. The Labute approximate surface area is 89.4 Å². The predicted octanol–water partition coefficient (Wildman–Crippen LogP) is 2.97. The summed E-state index contributed by atoms with van der Waals surface area (Å²) in [5, 5.41) is 12.8. The van der Waals surface area contributed by atoms with Crippen LogP contribution in [0.25, 0.3) is 0 Å². The number of rotatable bonds is 6. The van der Waals surface area contributed by atoms with Gasteiger partial charge in [-0.1, -0.05) is 13.8 Å². The molecule has 0 aromatic carbocycles. The van der Waals surface area contributed by atoms with Gasteiger partial charge in [-0.15, -0.1) is 0 Å². The van der Waals surface area contributed by atoms with E-state index in [0.29, 0.717) is 11.8 Å². The van der Waals surface area contributed by atoms with Crippen LogP contribution in [0, 0.1) is 22.5 Å². The van der Waals surface area contributed by atoms with Crippen molar-refractivity contribution in [3.8, 4) is 5.40 Å². The Kier molecular flexibility index (Phi) is 8.02. The minimum absolute atomic E-state index is 0.532. The van der Waals surface area contributed by atoms with Crippen LogP contribution < -0.4 is 0 Å². The summed E-state index contributed by atoms with van der Waals surface area (Å²) in [6.07, 6.45) is 1.09. The molecule has 0 amide bonds. The topological polar surface area (TPSA) is 36.1 Å². The maximum atomic E-state index is 8.36. The van der Waals surface area contributed by atoms with Crippen molar-refractivity contribution in [3.63, 3.8) is 0 Å². The Morgan fingerprint density at radius 2 is 2.15 bits per heavy atom. The number of nitrogens with zero attached hydrogens (tertiary/aromatic N) is 2. The van der Waals surface area contributed by atoms with Crippen molar-refractivity contribution < 1.29 is 0 Å². The van der Waals surface area contributed by atoms with Gasteiger partial charge < -0.3 is 0 Å². The standard InChI is InChI=1S/C9H14N2S2/c1-8(4-11-7-12)3-9(2)5-13-6-10/h8-9H,3-5H2,1-2H3. The fourth-order valence-corrected chi connectivity index (χ4v) is 1.77. The number of aliphatic imine (C=N–C) groups is 1. The Hall–Kier alpha value is -0.360. The van der Waals surface area contributed by atoms with E-state index in [1.807, 2.05) is 0 Å². The number of hydrogen-bond donors (Lipinski definition) is 0. The molecule has 0 aliphatic rings. The zero-order valence-electron chi connectivity index (χ0n) is 7.99. The third-order valence-electron chi connectivity index (χ3n) is 1.70. The lowest BCUT2D eigenvalue weighted by atomic mass is 9.99. The molecular weight excluding hydrogens is 200 g/mol. The highest BCUT2D eigenvalue weighted by Gasteiger charge is 2.07. The molecule has 0 saturated carbocycles.